The number of aromatic nitrogens is 1. The number of phenolic OH excluding ortho intramolecular Hbond substituents is 1. The number of nitrogens with one attached hydrogen (secondary N) is 4. The summed E-state index contributed by atoms with van der Waals surface area (Å²) >= 11 is 0. The molecule has 0 saturated heterocycles. The number of nitrogens with two attached hydrogens (primary N) is 1. The molecule has 0 aliphatic heterocycles. The molecule has 4 atom stereocenters. The van der Waals surface area contributed by atoms with Crippen molar-refractivity contribution in [2.24, 2.45) is 5.73 Å². The summed E-state index contributed by atoms with van der Waals surface area (Å²) in [5, 5.41) is 27.9. The third-order valence-corrected chi connectivity index (χ3v) is 7.11. The van der Waals surface area contributed by atoms with E-state index in [0.29, 0.717) is 0 Å². The maximum atomic E-state index is 13.3. The minimum atomic E-state index is -1.23. The highest BCUT2D eigenvalue weighted by atomic mass is 16.4. The van der Waals surface area contributed by atoms with Crippen LogP contribution in [0.15, 0.2) is 85.1 Å². The third-order valence-electron chi connectivity index (χ3n) is 7.11. The fourth-order valence-electron chi connectivity index (χ4n) is 4.71. The van der Waals surface area contributed by atoms with E-state index in [4.69, 9.17) is 5.73 Å². The number of phenols is 1. The van der Waals surface area contributed by atoms with E-state index in [1.807, 2.05) is 30.3 Å². The van der Waals surface area contributed by atoms with Crippen LogP contribution in [0, 0.1) is 0 Å². The lowest BCUT2D eigenvalue weighted by molar-refractivity contribution is -0.142. The van der Waals surface area contributed by atoms with Crippen LogP contribution in [0.4, 0.5) is 0 Å². The zero-order valence-corrected chi connectivity index (χ0v) is 23.6. The molecule has 4 rings (SSSR count). The zero-order chi connectivity index (χ0) is 30.9. The van der Waals surface area contributed by atoms with Gasteiger partial charge in [0.05, 0.1) is 6.04 Å². The highest BCUT2D eigenvalue weighted by molar-refractivity contribution is 5.94. The molecule has 224 valence electrons. The number of benzene rings is 3. The molecule has 0 fully saturated rings. The number of aromatic amines is 1. The number of carbonyl (C=O) groups is 4. The van der Waals surface area contributed by atoms with Crippen LogP contribution in [-0.4, -0.2) is 63.1 Å². The van der Waals surface area contributed by atoms with Gasteiger partial charge in [-0.25, -0.2) is 4.79 Å². The van der Waals surface area contributed by atoms with Gasteiger partial charge in [-0.05, 0) is 48.2 Å². The van der Waals surface area contributed by atoms with Gasteiger partial charge in [-0.3, -0.25) is 14.4 Å². The molecule has 43 heavy (non-hydrogen) atoms. The Hall–Kier alpha value is -5.16. The van der Waals surface area contributed by atoms with Crippen LogP contribution in [0.1, 0.15) is 23.6 Å². The van der Waals surface area contributed by atoms with Gasteiger partial charge in [0.15, 0.2) is 0 Å². The van der Waals surface area contributed by atoms with Crippen molar-refractivity contribution in [1.29, 1.82) is 0 Å². The molecule has 8 N–H and O–H groups in total. The maximum absolute atomic E-state index is 13.3. The summed E-state index contributed by atoms with van der Waals surface area (Å²) < 4.78 is 0. The van der Waals surface area contributed by atoms with E-state index in [1.54, 1.807) is 42.6 Å². The van der Waals surface area contributed by atoms with E-state index in [1.165, 1.54) is 19.1 Å². The van der Waals surface area contributed by atoms with Crippen molar-refractivity contribution in [3.8, 4) is 5.75 Å². The van der Waals surface area contributed by atoms with E-state index in [9.17, 15) is 29.4 Å². The van der Waals surface area contributed by atoms with E-state index in [0.717, 1.165) is 27.6 Å². The van der Waals surface area contributed by atoms with Gasteiger partial charge in [-0.2, -0.15) is 0 Å². The largest absolute Gasteiger partial charge is 0.508 e. The molecule has 11 nitrogen and oxygen atoms in total. The number of amides is 3. The van der Waals surface area contributed by atoms with Crippen molar-refractivity contribution in [2.45, 2.75) is 50.4 Å². The van der Waals surface area contributed by atoms with E-state index < -0.39 is 47.9 Å². The molecule has 3 amide bonds. The Labute approximate surface area is 248 Å². The molecule has 0 aliphatic carbocycles. The van der Waals surface area contributed by atoms with E-state index in [2.05, 4.69) is 20.9 Å². The van der Waals surface area contributed by atoms with Crippen LogP contribution in [0.3, 0.4) is 0 Å². The molecular formula is C32H35N5O6. The highest BCUT2D eigenvalue weighted by Gasteiger charge is 2.29. The Morgan fingerprint density at radius 2 is 1.37 bits per heavy atom. The van der Waals surface area contributed by atoms with Crippen molar-refractivity contribution in [3.05, 3.63) is 102 Å². The monoisotopic (exact) mass is 585 g/mol. The predicted molar refractivity (Wildman–Crippen MR) is 161 cm³/mol. The number of aromatic hydroxyl groups is 1. The first-order valence-electron chi connectivity index (χ1n) is 13.9. The zero-order valence-electron chi connectivity index (χ0n) is 23.6. The minimum Gasteiger partial charge on any atom is -0.508 e. The van der Waals surface area contributed by atoms with Crippen LogP contribution in [-0.2, 0) is 38.4 Å². The number of carboxylic acid groups (broad SMARTS) is 1. The van der Waals surface area contributed by atoms with Gasteiger partial charge in [0, 0.05) is 29.9 Å². The minimum absolute atomic E-state index is 0.0390. The molecule has 1 aromatic heterocycles. The van der Waals surface area contributed by atoms with Crippen LogP contribution in [0.2, 0.25) is 0 Å². The number of para-hydroxylation sites is 1. The van der Waals surface area contributed by atoms with Crippen LogP contribution in [0.25, 0.3) is 10.9 Å². The molecule has 0 bridgehead atoms. The third kappa shape index (κ3) is 8.43. The first kappa shape index (κ1) is 30.8. The number of hydrogen-bond donors (Lipinski definition) is 7. The summed E-state index contributed by atoms with van der Waals surface area (Å²) in [5.74, 6) is -3.00. The molecule has 4 aromatic rings. The molecule has 0 saturated carbocycles. The number of fused-ring (bicyclic) bond motifs is 1. The van der Waals surface area contributed by atoms with Gasteiger partial charge in [0.1, 0.15) is 23.9 Å². The maximum Gasteiger partial charge on any atom is 0.326 e. The Morgan fingerprint density at radius 3 is 2.07 bits per heavy atom. The summed E-state index contributed by atoms with van der Waals surface area (Å²) in [6, 6.07) is 18.4. The number of carbonyl (C=O) groups excluding carboxylic acids is 3. The lowest BCUT2D eigenvalue weighted by Gasteiger charge is -2.24. The molecule has 0 spiro atoms. The van der Waals surface area contributed by atoms with Crippen LogP contribution in [0.5, 0.6) is 5.75 Å². The molecule has 1 heterocycles. The van der Waals surface area contributed by atoms with Crippen LogP contribution < -0.4 is 21.7 Å². The second-order valence-corrected chi connectivity index (χ2v) is 10.4. The summed E-state index contributed by atoms with van der Waals surface area (Å²) in [5.41, 5.74) is 9.21. The fraction of sp³-hybridized carbons (Fsp3) is 0.250. The van der Waals surface area contributed by atoms with Crippen molar-refractivity contribution in [3.63, 3.8) is 0 Å². The Bertz CT molecular complexity index is 1570. The van der Waals surface area contributed by atoms with Crippen molar-refractivity contribution in [1.82, 2.24) is 20.9 Å². The molecule has 11 heteroatoms. The molecular weight excluding hydrogens is 550 g/mol. The molecule has 0 aliphatic rings. The Balaban J connectivity index is 1.41. The predicted octanol–water partition coefficient (Wildman–Crippen LogP) is 1.79. The molecule has 3 aromatic carbocycles. The topological polar surface area (TPSA) is 187 Å². The second-order valence-electron chi connectivity index (χ2n) is 10.4. The summed E-state index contributed by atoms with van der Waals surface area (Å²) in [6.07, 6.45) is 2.06. The van der Waals surface area contributed by atoms with Crippen LogP contribution >= 0.6 is 0 Å². The van der Waals surface area contributed by atoms with Gasteiger partial charge >= 0.3 is 5.97 Å². The first-order valence-corrected chi connectivity index (χ1v) is 13.9. The quantitative estimate of drug-likeness (QED) is 0.125. The van der Waals surface area contributed by atoms with Gasteiger partial charge < -0.3 is 36.9 Å². The van der Waals surface area contributed by atoms with Gasteiger partial charge in [-0.15, -0.1) is 0 Å². The van der Waals surface area contributed by atoms with Crippen molar-refractivity contribution in [2.75, 3.05) is 0 Å². The summed E-state index contributed by atoms with van der Waals surface area (Å²) in [6.45, 7) is 1.44. The summed E-state index contributed by atoms with van der Waals surface area (Å²) in [4.78, 5) is 54.4. The number of rotatable bonds is 13. The van der Waals surface area contributed by atoms with Crippen molar-refractivity contribution < 1.29 is 29.4 Å². The average Bonchev–Trinajstić information content (AvgIpc) is 3.40. The summed E-state index contributed by atoms with van der Waals surface area (Å²) in [7, 11) is 0. The Kier molecular flexibility index (Phi) is 10.1. The van der Waals surface area contributed by atoms with Gasteiger partial charge in [-0.1, -0.05) is 60.7 Å². The second kappa shape index (κ2) is 14.1. The fourth-order valence-corrected chi connectivity index (χ4v) is 4.71. The molecule has 4 unspecified atom stereocenters. The number of aliphatic carboxylic acids is 1. The van der Waals surface area contributed by atoms with E-state index >= 15 is 0 Å². The standard InChI is InChI=1S/C32H35N5O6/c1-19(29(39)37-28(32(42)43)17-22-18-34-26-10-6-5-9-24(22)26)35-31(41)27(16-20-7-3-2-4-8-20)36-30(40)25(33)15-21-11-13-23(38)14-12-21/h2-14,18-19,25,27-28,34,38H,15-17,33H2,1H3,(H,35,41)(H,36,40)(H,37,39)(H,42,43). The van der Waals surface area contributed by atoms with Crippen molar-refractivity contribution >= 4 is 34.6 Å². The van der Waals surface area contributed by atoms with Gasteiger partial charge in [0.2, 0.25) is 17.7 Å². The molecule has 0 radical (unpaired) electrons. The SMILES string of the molecule is CC(NC(=O)C(Cc1ccccc1)NC(=O)C(N)Cc1ccc(O)cc1)C(=O)NC(Cc1c[nH]c2ccccc12)C(=O)O. The lowest BCUT2D eigenvalue weighted by atomic mass is 10.0. The van der Waals surface area contributed by atoms with Gasteiger partial charge in [0.25, 0.3) is 0 Å². The number of H-pyrrole nitrogens is 1. The normalized spacial score (nSPS) is 13.8. The first-order chi connectivity index (χ1) is 20.6. The number of carboxylic acids is 1. The highest BCUT2D eigenvalue weighted by Crippen LogP contribution is 2.19. The number of hydrogen-bond acceptors (Lipinski definition) is 6. The smallest absolute Gasteiger partial charge is 0.326 e. The van der Waals surface area contributed by atoms with E-state index in [-0.39, 0.29) is 25.0 Å². The Morgan fingerprint density at radius 1 is 0.744 bits per heavy atom. The average molecular weight is 586 g/mol. The lowest BCUT2D eigenvalue weighted by Crippen LogP contribution is -2.57.